The van der Waals surface area contributed by atoms with Crippen LogP contribution in [0.25, 0.3) is 0 Å². The van der Waals surface area contributed by atoms with Gasteiger partial charge in [-0.25, -0.2) is 4.39 Å². The average molecular weight is 374 g/mol. The van der Waals surface area contributed by atoms with Crippen LogP contribution in [0.5, 0.6) is 0 Å². The topological polar surface area (TPSA) is 55.9 Å². The number of hydrogen-bond acceptors (Lipinski definition) is 4. The number of halogens is 1. The van der Waals surface area contributed by atoms with Gasteiger partial charge in [0.2, 0.25) is 11.8 Å². The Bertz CT molecular complexity index is 735. The Labute approximate surface area is 159 Å². The number of nitrogens with zero attached hydrogens (tertiary/aromatic N) is 3. The van der Waals surface area contributed by atoms with Crippen molar-refractivity contribution in [1.82, 2.24) is 15.1 Å². The normalized spacial score (nSPS) is 26.8. The summed E-state index contributed by atoms with van der Waals surface area (Å²) in [6.45, 7) is 7.61. The van der Waals surface area contributed by atoms with Crippen molar-refractivity contribution in [2.75, 3.05) is 50.7 Å². The zero-order valence-corrected chi connectivity index (χ0v) is 15.8. The summed E-state index contributed by atoms with van der Waals surface area (Å²) >= 11 is 0. The van der Waals surface area contributed by atoms with Crippen molar-refractivity contribution in [3.8, 4) is 0 Å². The molecule has 3 heterocycles. The number of aryl methyl sites for hydroxylation is 1. The zero-order valence-electron chi connectivity index (χ0n) is 15.8. The first-order chi connectivity index (χ1) is 13.0. The zero-order chi connectivity index (χ0) is 19.0. The van der Waals surface area contributed by atoms with Crippen LogP contribution in [0.1, 0.15) is 18.4 Å². The van der Waals surface area contributed by atoms with Gasteiger partial charge in [-0.05, 0) is 31.0 Å². The highest BCUT2D eigenvalue weighted by Crippen LogP contribution is 2.30. The van der Waals surface area contributed by atoms with Gasteiger partial charge < -0.3 is 15.1 Å². The molecule has 0 saturated carbocycles. The third-order valence-electron chi connectivity index (χ3n) is 6.01. The van der Waals surface area contributed by atoms with E-state index in [1.807, 2.05) is 11.8 Å². The van der Waals surface area contributed by atoms with Gasteiger partial charge in [0.05, 0.1) is 11.6 Å². The van der Waals surface area contributed by atoms with Crippen LogP contribution in [0.15, 0.2) is 18.2 Å². The smallest absolute Gasteiger partial charge is 0.228 e. The molecule has 3 fully saturated rings. The molecule has 2 atom stereocenters. The number of carbonyl (C=O) groups is 2. The maximum atomic E-state index is 14.3. The minimum atomic E-state index is -0.406. The van der Waals surface area contributed by atoms with E-state index in [9.17, 15) is 14.0 Å². The van der Waals surface area contributed by atoms with Crippen LogP contribution < -0.4 is 10.2 Å². The number of rotatable bonds is 3. The highest BCUT2D eigenvalue weighted by molar-refractivity contribution is 6.00. The van der Waals surface area contributed by atoms with Crippen molar-refractivity contribution < 1.29 is 14.0 Å². The molecule has 0 bridgehead atoms. The molecule has 7 heteroatoms. The Kier molecular flexibility index (Phi) is 5.14. The maximum Gasteiger partial charge on any atom is 0.228 e. The molecular weight excluding hydrogens is 347 g/mol. The van der Waals surface area contributed by atoms with Crippen molar-refractivity contribution >= 4 is 17.5 Å². The van der Waals surface area contributed by atoms with E-state index in [1.54, 1.807) is 12.1 Å². The van der Waals surface area contributed by atoms with E-state index in [-0.39, 0.29) is 36.4 Å². The molecule has 4 rings (SSSR count). The van der Waals surface area contributed by atoms with Gasteiger partial charge in [-0.2, -0.15) is 0 Å². The Morgan fingerprint density at radius 3 is 2.70 bits per heavy atom. The van der Waals surface area contributed by atoms with E-state index in [4.69, 9.17) is 0 Å². The molecule has 27 heavy (non-hydrogen) atoms. The van der Waals surface area contributed by atoms with Gasteiger partial charge in [0.1, 0.15) is 5.82 Å². The maximum absolute atomic E-state index is 14.3. The number of nitrogens with one attached hydrogen (secondary N) is 1. The van der Waals surface area contributed by atoms with Gasteiger partial charge in [0, 0.05) is 58.3 Å². The molecule has 0 aliphatic carbocycles. The second-order valence-corrected chi connectivity index (χ2v) is 7.87. The fraction of sp³-hybridized carbons (Fsp3) is 0.600. The highest BCUT2D eigenvalue weighted by atomic mass is 19.1. The molecule has 146 valence electrons. The molecule has 2 amide bonds. The standard InChI is InChI=1S/C20H27FN4O2/c1-14-2-3-18(17(21)10-14)25-12-15(11-19(25)26)20(27)24-7-4-16(13-24)23-8-5-22-6-9-23/h2-3,10,15-16,22H,4-9,11-13H2,1H3. The van der Waals surface area contributed by atoms with Crippen molar-refractivity contribution in [2.24, 2.45) is 5.92 Å². The van der Waals surface area contributed by atoms with Crippen molar-refractivity contribution in [1.29, 1.82) is 0 Å². The number of carbonyl (C=O) groups excluding carboxylic acids is 2. The summed E-state index contributed by atoms with van der Waals surface area (Å²) in [6, 6.07) is 5.26. The molecule has 3 aliphatic heterocycles. The molecule has 0 spiro atoms. The number of benzene rings is 1. The summed E-state index contributed by atoms with van der Waals surface area (Å²) < 4.78 is 14.3. The first-order valence-corrected chi connectivity index (χ1v) is 9.83. The second kappa shape index (κ2) is 7.56. The van der Waals surface area contributed by atoms with Crippen molar-refractivity contribution in [3.63, 3.8) is 0 Å². The van der Waals surface area contributed by atoms with Gasteiger partial charge in [-0.1, -0.05) is 6.07 Å². The lowest BCUT2D eigenvalue weighted by molar-refractivity contribution is -0.135. The molecular formula is C20H27FN4O2. The molecule has 6 nitrogen and oxygen atoms in total. The largest absolute Gasteiger partial charge is 0.341 e. The molecule has 0 aromatic heterocycles. The van der Waals surface area contributed by atoms with E-state index in [0.29, 0.717) is 6.04 Å². The minimum Gasteiger partial charge on any atom is -0.341 e. The summed E-state index contributed by atoms with van der Waals surface area (Å²) in [6.07, 6.45) is 1.16. The van der Waals surface area contributed by atoms with Crippen molar-refractivity contribution in [2.45, 2.75) is 25.8 Å². The number of piperazine rings is 1. The van der Waals surface area contributed by atoms with Crippen LogP contribution in [-0.4, -0.2) is 73.5 Å². The van der Waals surface area contributed by atoms with E-state index in [1.165, 1.54) is 11.0 Å². The molecule has 1 aromatic carbocycles. The number of likely N-dealkylation sites (tertiary alicyclic amines) is 1. The predicted molar refractivity (Wildman–Crippen MR) is 101 cm³/mol. The monoisotopic (exact) mass is 374 g/mol. The van der Waals surface area contributed by atoms with Crippen LogP contribution in [0.4, 0.5) is 10.1 Å². The van der Waals surface area contributed by atoms with E-state index in [0.717, 1.165) is 51.3 Å². The lowest BCUT2D eigenvalue weighted by atomic mass is 10.1. The van der Waals surface area contributed by atoms with Gasteiger partial charge >= 0.3 is 0 Å². The fourth-order valence-electron chi connectivity index (χ4n) is 4.48. The highest BCUT2D eigenvalue weighted by Gasteiger charge is 2.40. The van der Waals surface area contributed by atoms with E-state index in [2.05, 4.69) is 10.2 Å². The summed E-state index contributed by atoms with van der Waals surface area (Å²) in [5.74, 6) is -0.915. The van der Waals surface area contributed by atoms with Gasteiger partial charge in [0.25, 0.3) is 0 Å². The third kappa shape index (κ3) is 3.71. The van der Waals surface area contributed by atoms with Crippen LogP contribution >= 0.6 is 0 Å². The van der Waals surface area contributed by atoms with Crippen LogP contribution in [-0.2, 0) is 9.59 Å². The Morgan fingerprint density at radius 2 is 1.96 bits per heavy atom. The first kappa shape index (κ1) is 18.4. The first-order valence-electron chi connectivity index (χ1n) is 9.83. The molecule has 1 N–H and O–H groups in total. The van der Waals surface area contributed by atoms with Gasteiger partial charge in [0.15, 0.2) is 0 Å². The van der Waals surface area contributed by atoms with Crippen LogP contribution in [0, 0.1) is 18.7 Å². The Morgan fingerprint density at radius 1 is 1.19 bits per heavy atom. The van der Waals surface area contributed by atoms with Crippen molar-refractivity contribution in [3.05, 3.63) is 29.6 Å². The minimum absolute atomic E-state index is 0.0380. The molecule has 1 aromatic rings. The quantitative estimate of drug-likeness (QED) is 0.858. The molecule has 3 saturated heterocycles. The fourth-order valence-corrected chi connectivity index (χ4v) is 4.48. The third-order valence-corrected chi connectivity index (χ3v) is 6.01. The van der Waals surface area contributed by atoms with Crippen LogP contribution in [0.3, 0.4) is 0 Å². The van der Waals surface area contributed by atoms with Crippen LogP contribution in [0.2, 0.25) is 0 Å². The predicted octanol–water partition coefficient (Wildman–Crippen LogP) is 0.993. The summed E-state index contributed by atoms with van der Waals surface area (Å²) in [7, 11) is 0. The SMILES string of the molecule is Cc1ccc(N2CC(C(=O)N3CCC(N4CCNCC4)C3)CC2=O)c(F)c1. The number of anilines is 1. The molecule has 0 radical (unpaired) electrons. The number of hydrogen-bond donors (Lipinski definition) is 1. The second-order valence-electron chi connectivity index (χ2n) is 7.87. The lowest BCUT2D eigenvalue weighted by Crippen LogP contribution is -2.49. The summed E-state index contributed by atoms with van der Waals surface area (Å²) in [5, 5.41) is 3.35. The summed E-state index contributed by atoms with van der Waals surface area (Å²) in [4.78, 5) is 31.2. The molecule has 2 unspecified atom stereocenters. The Hall–Kier alpha value is -1.99. The summed E-state index contributed by atoms with van der Waals surface area (Å²) in [5.41, 5.74) is 1.09. The van der Waals surface area contributed by atoms with E-state index >= 15 is 0 Å². The van der Waals surface area contributed by atoms with Gasteiger partial charge in [-0.3, -0.25) is 14.5 Å². The average Bonchev–Trinajstić information content (AvgIpc) is 3.29. The molecule has 3 aliphatic rings. The number of amides is 2. The van der Waals surface area contributed by atoms with Gasteiger partial charge in [-0.15, -0.1) is 0 Å². The Balaban J connectivity index is 1.39. The van der Waals surface area contributed by atoms with E-state index < -0.39 is 5.82 Å². The lowest BCUT2D eigenvalue weighted by Gasteiger charge is -2.32.